The average molecular weight is 814 g/mol. The van der Waals surface area contributed by atoms with E-state index >= 15 is 0 Å². The molecule has 0 saturated carbocycles. The second-order valence-electron chi connectivity index (χ2n) is 14.8. The van der Waals surface area contributed by atoms with Crippen LogP contribution in [0.3, 0.4) is 0 Å². The summed E-state index contributed by atoms with van der Waals surface area (Å²) in [4.78, 5) is 11.3. The summed E-state index contributed by atoms with van der Waals surface area (Å²) in [6.07, 6.45) is -8.84. The number of carbonyl (C=O) groups is 1. The number of hydrogen-bond donors (Lipinski definition) is 12. The number of ether oxygens (including phenoxy) is 6. The molecule has 0 aromatic heterocycles. The van der Waals surface area contributed by atoms with Crippen LogP contribution in [0.4, 0.5) is 0 Å². The van der Waals surface area contributed by atoms with Crippen molar-refractivity contribution in [2.75, 3.05) is 26.4 Å². The van der Waals surface area contributed by atoms with Gasteiger partial charge in [-0.1, -0.05) is 83.3 Å². The van der Waals surface area contributed by atoms with Crippen molar-refractivity contribution in [1.29, 1.82) is 0 Å². The minimum atomic E-state index is -1.97. The summed E-state index contributed by atoms with van der Waals surface area (Å²) in [5, 5.41) is 117. The first-order chi connectivity index (χ1) is 26.9. The second kappa shape index (κ2) is 25.9. The second-order valence-corrected chi connectivity index (χ2v) is 14.8. The molecule has 0 radical (unpaired) electrons. The highest BCUT2D eigenvalue weighted by Gasteiger charge is 2.53. The number of allylic oxidation sites excluding steroid dienone is 1. The Morgan fingerprint density at radius 2 is 1.04 bits per heavy atom. The number of unbranched alkanes of at least 4 members (excludes halogenated alkanes) is 11. The minimum Gasteiger partial charge on any atom is -0.394 e. The number of aliphatic hydroxyl groups is 11. The van der Waals surface area contributed by atoms with Crippen LogP contribution in [0.2, 0.25) is 0 Å². The predicted octanol–water partition coefficient (Wildman–Crippen LogP) is -2.82. The molecule has 56 heavy (non-hydrogen) atoms. The maximum Gasteiger partial charge on any atom is 0.207 e. The smallest absolute Gasteiger partial charge is 0.207 e. The zero-order chi connectivity index (χ0) is 41.2. The molecule has 0 aromatic rings. The molecule has 328 valence electrons. The third kappa shape index (κ3) is 14.1. The minimum absolute atomic E-state index is 0.370. The number of rotatable bonds is 26. The third-order valence-corrected chi connectivity index (χ3v) is 10.5. The lowest BCUT2D eigenvalue weighted by molar-refractivity contribution is -0.379. The Morgan fingerprint density at radius 3 is 1.54 bits per heavy atom. The van der Waals surface area contributed by atoms with E-state index < -0.39 is 124 Å². The summed E-state index contributed by atoms with van der Waals surface area (Å²) in [6, 6.07) is -0.962. The van der Waals surface area contributed by atoms with Gasteiger partial charge in [0.25, 0.3) is 0 Å². The molecule has 0 aromatic carbocycles. The van der Waals surface area contributed by atoms with Gasteiger partial charge in [-0.2, -0.15) is 0 Å². The topological polar surface area (TPSA) is 307 Å². The number of amides is 1. The molecular weight excluding hydrogens is 746 g/mol. The lowest BCUT2D eigenvalue weighted by atomic mass is 9.96. The normalized spacial score (nSPS) is 37.8. The van der Waals surface area contributed by atoms with Crippen molar-refractivity contribution in [3.8, 4) is 0 Å². The van der Waals surface area contributed by atoms with Crippen LogP contribution in [0.15, 0.2) is 12.2 Å². The summed E-state index contributed by atoms with van der Waals surface area (Å²) in [5.74, 6) is 0. The van der Waals surface area contributed by atoms with Gasteiger partial charge in [-0.25, -0.2) is 0 Å². The van der Waals surface area contributed by atoms with E-state index in [9.17, 15) is 61.0 Å². The number of hydrogen-bond acceptors (Lipinski definition) is 18. The lowest BCUT2D eigenvalue weighted by Crippen LogP contribution is -2.66. The molecule has 17 atom stereocenters. The molecule has 0 spiro atoms. The van der Waals surface area contributed by atoms with Gasteiger partial charge in [-0.05, 0) is 12.8 Å². The van der Waals surface area contributed by atoms with Crippen LogP contribution < -0.4 is 5.32 Å². The fourth-order valence-electron chi connectivity index (χ4n) is 7.01. The Morgan fingerprint density at radius 1 is 0.589 bits per heavy atom. The highest BCUT2D eigenvalue weighted by molar-refractivity contribution is 5.47. The third-order valence-electron chi connectivity index (χ3n) is 10.5. The van der Waals surface area contributed by atoms with E-state index in [1.54, 1.807) is 0 Å². The average Bonchev–Trinajstić information content (AvgIpc) is 3.19. The molecule has 1 amide bonds. The Labute approximate surface area is 327 Å². The molecule has 19 heteroatoms. The van der Waals surface area contributed by atoms with E-state index in [4.69, 9.17) is 28.4 Å². The van der Waals surface area contributed by atoms with E-state index in [1.807, 2.05) is 6.08 Å². The van der Waals surface area contributed by atoms with E-state index in [0.717, 1.165) is 25.7 Å². The van der Waals surface area contributed by atoms with Crippen LogP contribution in [0.1, 0.15) is 84.0 Å². The van der Waals surface area contributed by atoms with Crippen LogP contribution in [0.5, 0.6) is 0 Å². The number of nitrogens with one attached hydrogen (secondary N) is 1. The van der Waals surface area contributed by atoms with Crippen LogP contribution in [0.25, 0.3) is 0 Å². The van der Waals surface area contributed by atoms with Crippen molar-refractivity contribution in [2.24, 2.45) is 0 Å². The Balaban J connectivity index is 1.49. The van der Waals surface area contributed by atoms with E-state index in [-0.39, 0.29) is 6.61 Å². The van der Waals surface area contributed by atoms with Crippen molar-refractivity contribution in [2.45, 2.75) is 188 Å². The Kier molecular flexibility index (Phi) is 22.6. The molecule has 3 rings (SSSR count). The standard InChI is InChI=1S/C37H67NO18/c1-2-3-4-5-6-7-8-9-10-11-12-13-14-15-22(43)21(38-20-42)19-51-35-31(49)28(46)33(24(17-40)53-35)56-37-32(50)29(47)34(25(18-41)54-37)55-36-30(48)27(45)26(44)23(16-39)52-36/h14-15,20-37,39-41,43-50H,2-13,16-19H2,1H3,(H,38,42)/b15-14+/t21-,22+,23+,24+,25+,26-,27-,28+,29+,30+,31+,32+,33+,34-,35+,36+,37-/m0/s1. The van der Waals surface area contributed by atoms with Crippen molar-refractivity contribution in [3.05, 3.63) is 12.2 Å². The van der Waals surface area contributed by atoms with Gasteiger partial charge in [0.05, 0.1) is 38.6 Å². The molecule has 0 unspecified atom stereocenters. The number of carbonyl (C=O) groups excluding carboxylic acids is 1. The molecule has 3 heterocycles. The van der Waals surface area contributed by atoms with Gasteiger partial charge >= 0.3 is 0 Å². The van der Waals surface area contributed by atoms with Gasteiger partial charge in [0.1, 0.15) is 73.2 Å². The molecule has 0 bridgehead atoms. The number of aliphatic hydroxyl groups excluding tert-OH is 11. The summed E-state index contributed by atoms with van der Waals surface area (Å²) in [7, 11) is 0. The van der Waals surface area contributed by atoms with E-state index in [2.05, 4.69) is 12.2 Å². The van der Waals surface area contributed by atoms with Gasteiger partial charge in [-0.3, -0.25) is 4.79 Å². The predicted molar refractivity (Wildman–Crippen MR) is 194 cm³/mol. The molecule has 0 aliphatic carbocycles. The first-order valence-electron chi connectivity index (χ1n) is 20.0. The van der Waals surface area contributed by atoms with Crippen molar-refractivity contribution >= 4 is 6.41 Å². The molecule has 3 aliphatic rings. The van der Waals surface area contributed by atoms with Gasteiger partial charge in [0.2, 0.25) is 6.41 Å². The maximum atomic E-state index is 11.3. The molecule has 3 fully saturated rings. The van der Waals surface area contributed by atoms with Crippen molar-refractivity contribution in [1.82, 2.24) is 5.32 Å². The molecule has 12 N–H and O–H groups in total. The monoisotopic (exact) mass is 813 g/mol. The summed E-state index contributed by atoms with van der Waals surface area (Å²) in [5.41, 5.74) is 0. The van der Waals surface area contributed by atoms with E-state index in [0.29, 0.717) is 6.41 Å². The zero-order valence-electron chi connectivity index (χ0n) is 32.1. The first kappa shape index (κ1) is 48.9. The van der Waals surface area contributed by atoms with E-state index in [1.165, 1.54) is 57.4 Å². The highest BCUT2D eigenvalue weighted by atomic mass is 16.8. The molecule has 3 aliphatic heterocycles. The Bertz CT molecular complexity index is 1090. The fourth-order valence-corrected chi connectivity index (χ4v) is 7.01. The van der Waals surface area contributed by atoms with Gasteiger partial charge in [0, 0.05) is 0 Å². The summed E-state index contributed by atoms with van der Waals surface area (Å²) in [6.45, 7) is -0.572. The van der Waals surface area contributed by atoms with Crippen LogP contribution in [-0.2, 0) is 33.2 Å². The highest BCUT2D eigenvalue weighted by Crippen LogP contribution is 2.32. The quantitative estimate of drug-likeness (QED) is 0.0238. The van der Waals surface area contributed by atoms with Gasteiger partial charge in [-0.15, -0.1) is 0 Å². The van der Waals surface area contributed by atoms with Crippen LogP contribution in [-0.4, -0.2) is 193 Å². The van der Waals surface area contributed by atoms with Gasteiger partial charge < -0.3 is 89.9 Å². The van der Waals surface area contributed by atoms with Crippen LogP contribution >= 0.6 is 0 Å². The van der Waals surface area contributed by atoms with Gasteiger partial charge in [0.15, 0.2) is 18.9 Å². The van der Waals surface area contributed by atoms with Crippen molar-refractivity contribution < 1.29 is 89.4 Å². The fraction of sp³-hybridized carbons (Fsp3) is 0.919. The molecule has 3 saturated heterocycles. The SMILES string of the molecule is CCCCCCCCCCCCC/C=C/[C@@H](O)[C@H](CO[C@@H]1O[C@H](CO)[C@@H](O[C@@H]2O[C@H](CO)[C@H](O[C@H]3O[C@H](CO)[C@H](O)[C@H](O)[C@H]3O)[C@H](O)[C@H]2O)[C@H](O)[C@H]1O)NC=O. The van der Waals surface area contributed by atoms with Crippen LogP contribution in [0, 0.1) is 0 Å². The zero-order valence-corrected chi connectivity index (χ0v) is 32.1. The lowest BCUT2D eigenvalue weighted by Gasteiger charge is -2.48. The first-order valence-corrected chi connectivity index (χ1v) is 20.0. The van der Waals surface area contributed by atoms with Crippen molar-refractivity contribution in [3.63, 3.8) is 0 Å². The summed E-state index contributed by atoms with van der Waals surface area (Å²) < 4.78 is 33.4. The Hall–Kier alpha value is -1.47. The molecule has 19 nitrogen and oxygen atoms in total. The largest absolute Gasteiger partial charge is 0.394 e. The summed E-state index contributed by atoms with van der Waals surface area (Å²) >= 11 is 0. The maximum absolute atomic E-state index is 11.3. The molecular formula is C37H67NO18.